The van der Waals surface area contributed by atoms with Gasteiger partial charge in [-0.15, -0.1) is 0 Å². The summed E-state index contributed by atoms with van der Waals surface area (Å²) in [6, 6.07) is 0. The molecular weight excluding hydrogens is 192 g/mol. The summed E-state index contributed by atoms with van der Waals surface area (Å²) in [6.45, 7) is 3.08. The summed E-state index contributed by atoms with van der Waals surface area (Å²) in [7, 11) is 0. The first-order valence-electron chi connectivity index (χ1n) is 5.16. The number of primary amides is 1. The molecule has 15 heavy (non-hydrogen) atoms. The van der Waals surface area contributed by atoms with Gasteiger partial charge in [-0.1, -0.05) is 13.3 Å². The van der Waals surface area contributed by atoms with E-state index < -0.39 is 0 Å². The summed E-state index contributed by atoms with van der Waals surface area (Å²) in [5.74, 6) is 0.828. The fraction of sp³-hybridized carbons (Fsp3) is 0.700. The quantitative estimate of drug-likeness (QED) is 0.682. The van der Waals surface area contributed by atoms with E-state index in [0.29, 0.717) is 11.8 Å². The second kappa shape index (κ2) is 5.35. The predicted molar refractivity (Wildman–Crippen MR) is 56.8 cm³/mol. The third-order valence-electron chi connectivity index (χ3n) is 2.54. The molecule has 1 saturated heterocycles. The zero-order chi connectivity index (χ0) is 11.3. The van der Waals surface area contributed by atoms with Crippen molar-refractivity contribution in [1.29, 1.82) is 5.26 Å². The highest BCUT2D eigenvalue weighted by Gasteiger charge is 2.28. The van der Waals surface area contributed by atoms with Gasteiger partial charge >= 0.3 is 0 Å². The molecule has 2 N–H and O–H groups in total. The summed E-state index contributed by atoms with van der Waals surface area (Å²) in [5, 5.41) is 8.51. The molecule has 0 radical (unpaired) electrons. The lowest BCUT2D eigenvalue weighted by Crippen LogP contribution is -2.34. The van der Waals surface area contributed by atoms with Gasteiger partial charge in [-0.2, -0.15) is 10.3 Å². The van der Waals surface area contributed by atoms with E-state index in [-0.39, 0.29) is 12.5 Å². The molecule has 5 nitrogen and oxygen atoms in total. The number of hydrogen-bond donors (Lipinski definition) is 1. The Labute approximate surface area is 89.6 Å². The average molecular weight is 208 g/mol. The Morgan fingerprint density at radius 2 is 2.53 bits per heavy atom. The van der Waals surface area contributed by atoms with E-state index in [1.165, 1.54) is 0 Å². The van der Waals surface area contributed by atoms with E-state index in [9.17, 15) is 4.79 Å². The number of likely N-dealkylation sites (tertiary alicyclic amines) is 1. The second-order valence-electron chi connectivity index (χ2n) is 3.83. The molecule has 1 unspecified atom stereocenters. The lowest BCUT2D eigenvalue weighted by molar-refractivity contribution is -0.118. The molecule has 0 aromatic rings. The van der Waals surface area contributed by atoms with Crippen molar-refractivity contribution in [3.05, 3.63) is 0 Å². The van der Waals surface area contributed by atoms with Crippen LogP contribution in [0.5, 0.6) is 0 Å². The minimum absolute atomic E-state index is 0.167. The monoisotopic (exact) mass is 208 g/mol. The van der Waals surface area contributed by atoms with Gasteiger partial charge in [0.25, 0.3) is 0 Å². The second-order valence-corrected chi connectivity index (χ2v) is 3.83. The Bertz CT molecular complexity index is 305. The minimum atomic E-state index is -0.377. The van der Waals surface area contributed by atoms with E-state index >= 15 is 0 Å². The fourth-order valence-corrected chi connectivity index (χ4v) is 1.99. The van der Waals surface area contributed by atoms with Crippen LogP contribution < -0.4 is 5.73 Å². The van der Waals surface area contributed by atoms with Gasteiger partial charge in [0.15, 0.2) is 0 Å². The van der Waals surface area contributed by atoms with Crippen molar-refractivity contribution in [3.63, 3.8) is 0 Å². The maximum atomic E-state index is 10.8. The van der Waals surface area contributed by atoms with Crippen molar-refractivity contribution < 1.29 is 4.79 Å². The van der Waals surface area contributed by atoms with Crippen LogP contribution in [-0.2, 0) is 4.79 Å². The lowest BCUT2D eigenvalue weighted by Gasteiger charge is -2.15. The van der Waals surface area contributed by atoms with Gasteiger partial charge in [0, 0.05) is 13.0 Å². The van der Waals surface area contributed by atoms with E-state index in [2.05, 4.69) is 11.9 Å². The highest BCUT2D eigenvalue weighted by molar-refractivity contribution is 5.89. The highest BCUT2D eigenvalue weighted by Crippen LogP contribution is 2.22. The summed E-state index contributed by atoms with van der Waals surface area (Å²) < 4.78 is 0. The Balaban J connectivity index is 2.64. The van der Waals surface area contributed by atoms with Crippen molar-refractivity contribution in [2.24, 2.45) is 16.6 Å². The standard InChI is InChI=1S/C10H16N4O/c1-2-3-8-4-10(13-7-11)14(5-8)6-9(12)15/h8H,2-6H2,1H3,(H2,12,15). The smallest absolute Gasteiger partial charge is 0.236 e. The van der Waals surface area contributed by atoms with E-state index in [1.54, 1.807) is 6.19 Å². The number of hydrogen-bond acceptors (Lipinski definition) is 3. The number of aliphatic imine (C=N–C) groups is 1. The predicted octanol–water partition coefficient (Wildman–Crippen LogP) is 0.473. The zero-order valence-electron chi connectivity index (χ0n) is 8.94. The number of rotatable bonds is 4. The normalized spacial score (nSPS) is 23.1. The summed E-state index contributed by atoms with van der Waals surface area (Å²) >= 11 is 0. The molecule has 1 aliphatic rings. The lowest BCUT2D eigenvalue weighted by atomic mass is 10.0. The van der Waals surface area contributed by atoms with Crippen LogP contribution in [0.3, 0.4) is 0 Å². The number of amides is 1. The maximum Gasteiger partial charge on any atom is 0.236 e. The molecule has 1 aliphatic heterocycles. The molecule has 0 bridgehead atoms. The van der Waals surface area contributed by atoms with Gasteiger partial charge in [0.1, 0.15) is 5.84 Å². The van der Waals surface area contributed by atoms with E-state index in [0.717, 1.165) is 25.8 Å². The van der Waals surface area contributed by atoms with Crippen LogP contribution in [0, 0.1) is 17.4 Å². The summed E-state index contributed by atoms with van der Waals surface area (Å²) in [4.78, 5) is 16.4. The van der Waals surface area contributed by atoms with Gasteiger partial charge in [-0.05, 0) is 12.3 Å². The van der Waals surface area contributed by atoms with E-state index in [4.69, 9.17) is 11.0 Å². The SMILES string of the molecule is CCCC1CC(=NC#N)N(CC(N)=O)C1. The maximum absolute atomic E-state index is 10.8. The Morgan fingerprint density at radius 3 is 3.07 bits per heavy atom. The molecule has 1 atom stereocenters. The van der Waals surface area contributed by atoms with Crippen LogP contribution in [0.15, 0.2) is 4.99 Å². The largest absolute Gasteiger partial charge is 0.368 e. The van der Waals surface area contributed by atoms with Crippen LogP contribution >= 0.6 is 0 Å². The van der Waals surface area contributed by atoms with Crippen molar-refractivity contribution in [2.45, 2.75) is 26.2 Å². The molecule has 0 saturated carbocycles. The van der Waals surface area contributed by atoms with Crippen LogP contribution in [0.2, 0.25) is 0 Å². The van der Waals surface area contributed by atoms with E-state index in [1.807, 2.05) is 4.90 Å². The van der Waals surface area contributed by atoms with Crippen molar-refractivity contribution >= 4 is 11.7 Å². The van der Waals surface area contributed by atoms with Gasteiger partial charge < -0.3 is 10.6 Å². The fourth-order valence-electron chi connectivity index (χ4n) is 1.99. The molecule has 0 aromatic heterocycles. The van der Waals surface area contributed by atoms with Crippen molar-refractivity contribution in [2.75, 3.05) is 13.1 Å². The topological polar surface area (TPSA) is 82.5 Å². The average Bonchev–Trinajstić information content (AvgIpc) is 2.48. The molecule has 82 valence electrons. The molecule has 5 heteroatoms. The molecular formula is C10H16N4O. The zero-order valence-corrected chi connectivity index (χ0v) is 8.94. The van der Waals surface area contributed by atoms with Gasteiger partial charge in [0.2, 0.25) is 12.1 Å². The first kappa shape index (κ1) is 11.5. The van der Waals surface area contributed by atoms with Crippen LogP contribution in [0.25, 0.3) is 0 Å². The first-order valence-corrected chi connectivity index (χ1v) is 5.16. The molecule has 1 heterocycles. The Kier molecular flexibility index (Phi) is 4.10. The Morgan fingerprint density at radius 1 is 1.80 bits per heavy atom. The number of carbonyl (C=O) groups is 1. The Hall–Kier alpha value is -1.57. The summed E-state index contributed by atoms with van der Waals surface area (Å²) in [5.41, 5.74) is 5.13. The van der Waals surface area contributed by atoms with Crippen LogP contribution in [-0.4, -0.2) is 29.7 Å². The third-order valence-corrected chi connectivity index (χ3v) is 2.54. The van der Waals surface area contributed by atoms with Gasteiger partial charge in [-0.25, -0.2) is 0 Å². The molecule has 1 rings (SSSR count). The number of nitrogens with zero attached hydrogens (tertiary/aromatic N) is 3. The third kappa shape index (κ3) is 3.24. The molecule has 1 amide bonds. The summed E-state index contributed by atoms with van der Waals surface area (Å²) in [6.07, 6.45) is 4.76. The minimum Gasteiger partial charge on any atom is -0.368 e. The van der Waals surface area contributed by atoms with Crippen molar-refractivity contribution in [1.82, 2.24) is 4.90 Å². The molecule has 0 aromatic carbocycles. The van der Waals surface area contributed by atoms with Gasteiger partial charge in [0.05, 0.1) is 6.54 Å². The number of amidine groups is 1. The molecule has 0 spiro atoms. The van der Waals surface area contributed by atoms with Crippen molar-refractivity contribution in [3.8, 4) is 6.19 Å². The molecule has 1 fully saturated rings. The number of nitriles is 1. The number of carbonyl (C=O) groups excluding carboxylic acids is 1. The number of nitrogens with two attached hydrogens (primary N) is 1. The van der Waals surface area contributed by atoms with Crippen LogP contribution in [0.1, 0.15) is 26.2 Å². The van der Waals surface area contributed by atoms with Crippen LogP contribution in [0.4, 0.5) is 0 Å². The van der Waals surface area contributed by atoms with Gasteiger partial charge in [-0.3, -0.25) is 4.79 Å². The highest BCUT2D eigenvalue weighted by atomic mass is 16.1. The molecule has 0 aliphatic carbocycles. The first-order chi connectivity index (χ1) is 7.17.